The first-order chi connectivity index (χ1) is 16.9. The molecule has 4 rings (SSSR count). The minimum Gasteiger partial charge on any atom is -0.493 e. The molecule has 4 aromatic rings. The highest BCUT2D eigenvalue weighted by atomic mass is 16.5. The highest BCUT2D eigenvalue weighted by Crippen LogP contribution is 2.39. The highest BCUT2D eigenvalue weighted by Gasteiger charge is 2.18. The van der Waals surface area contributed by atoms with Crippen molar-refractivity contribution in [1.29, 1.82) is 0 Å². The van der Waals surface area contributed by atoms with E-state index in [9.17, 15) is 9.59 Å². The number of rotatable bonds is 8. The number of ether oxygens (including phenoxy) is 4. The van der Waals surface area contributed by atoms with E-state index in [4.69, 9.17) is 18.9 Å². The number of aryl methyl sites for hydroxylation is 1. The van der Waals surface area contributed by atoms with Crippen molar-refractivity contribution in [3.63, 3.8) is 0 Å². The number of methoxy groups -OCH3 is 3. The summed E-state index contributed by atoms with van der Waals surface area (Å²) in [6.07, 6.45) is 2.91. The first-order valence-corrected chi connectivity index (χ1v) is 10.6. The van der Waals surface area contributed by atoms with E-state index in [1.807, 2.05) is 32.0 Å². The Bertz CT molecular complexity index is 1430. The second kappa shape index (κ2) is 9.75. The average Bonchev–Trinajstić information content (AvgIpc) is 3.17. The molecule has 1 N–H and O–H groups in total. The van der Waals surface area contributed by atoms with Crippen molar-refractivity contribution in [1.82, 2.24) is 19.2 Å². The molecule has 35 heavy (non-hydrogen) atoms. The highest BCUT2D eigenvalue weighted by molar-refractivity contribution is 5.91. The monoisotopic (exact) mass is 479 g/mol. The molecule has 1 amide bonds. The molecule has 0 saturated heterocycles. The Hall–Kier alpha value is -4.54. The van der Waals surface area contributed by atoms with Gasteiger partial charge in [0.1, 0.15) is 12.3 Å². The average molecular weight is 479 g/mol. The number of nitrogens with one attached hydrogen (secondary N) is 1. The van der Waals surface area contributed by atoms with Gasteiger partial charge in [0.05, 0.1) is 21.3 Å². The molecule has 0 spiro atoms. The van der Waals surface area contributed by atoms with Crippen molar-refractivity contribution >= 4 is 17.2 Å². The molecule has 0 unspecified atom stereocenters. The molecule has 11 nitrogen and oxygen atoms in total. The summed E-state index contributed by atoms with van der Waals surface area (Å²) in [5.41, 5.74) is 2.10. The van der Waals surface area contributed by atoms with E-state index in [0.29, 0.717) is 28.7 Å². The van der Waals surface area contributed by atoms with Crippen LogP contribution in [0.3, 0.4) is 0 Å². The maximum atomic E-state index is 12.9. The van der Waals surface area contributed by atoms with Gasteiger partial charge in [0, 0.05) is 30.2 Å². The second-order valence-electron chi connectivity index (χ2n) is 7.63. The Balaban J connectivity index is 1.60. The SMILES string of the molecule is COc1cc(NC(=O)Cn2nc3c(Oc4cccc(C)c4C)nccn3c2=O)cc(OC)c1OC. The quantitative estimate of drug-likeness (QED) is 0.410. The lowest BCUT2D eigenvalue weighted by Crippen LogP contribution is -2.28. The molecule has 2 aromatic heterocycles. The summed E-state index contributed by atoms with van der Waals surface area (Å²) in [6.45, 7) is 3.57. The molecular weight excluding hydrogens is 454 g/mol. The molecule has 182 valence electrons. The first-order valence-electron chi connectivity index (χ1n) is 10.6. The first kappa shape index (κ1) is 23.6. The summed E-state index contributed by atoms with van der Waals surface area (Å²) in [4.78, 5) is 29.8. The summed E-state index contributed by atoms with van der Waals surface area (Å²) in [5.74, 6) is 1.44. The van der Waals surface area contributed by atoms with Crippen molar-refractivity contribution in [2.45, 2.75) is 20.4 Å². The minimum absolute atomic E-state index is 0.155. The number of hydrogen-bond acceptors (Lipinski definition) is 8. The number of amides is 1. The second-order valence-corrected chi connectivity index (χ2v) is 7.63. The van der Waals surface area contributed by atoms with Crippen LogP contribution >= 0.6 is 0 Å². The van der Waals surface area contributed by atoms with Crippen LogP contribution in [0.15, 0.2) is 47.5 Å². The van der Waals surface area contributed by atoms with Gasteiger partial charge in [-0.25, -0.2) is 18.9 Å². The number of carbonyl (C=O) groups is 1. The topological polar surface area (TPSA) is 118 Å². The summed E-state index contributed by atoms with van der Waals surface area (Å²) < 4.78 is 24.2. The predicted octanol–water partition coefficient (Wildman–Crippen LogP) is 2.96. The van der Waals surface area contributed by atoms with E-state index in [-0.39, 0.29) is 18.1 Å². The number of aromatic nitrogens is 4. The molecule has 11 heteroatoms. The third-order valence-corrected chi connectivity index (χ3v) is 5.47. The summed E-state index contributed by atoms with van der Waals surface area (Å²) in [7, 11) is 4.44. The molecule has 0 fully saturated rings. The molecule has 0 saturated carbocycles. The largest absolute Gasteiger partial charge is 0.493 e. The fourth-order valence-electron chi connectivity index (χ4n) is 3.53. The fourth-order valence-corrected chi connectivity index (χ4v) is 3.53. The normalized spacial score (nSPS) is 10.8. The van der Waals surface area contributed by atoms with Gasteiger partial charge in [0.15, 0.2) is 11.5 Å². The molecular formula is C24H25N5O6. The molecule has 0 bridgehead atoms. The van der Waals surface area contributed by atoms with Crippen LogP contribution in [-0.2, 0) is 11.3 Å². The van der Waals surface area contributed by atoms with E-state index in [0.717, 1.165) is 15.8 Å². The van der Waals surface area contributed by atoms with E-state index < -0.39 is 11.6 Å². The van der Waals surface area contributed by atoms with Crippen LogP contribution < -0.4 is 30.0 Å². The lowest BCUT2D eigenvalue weighted by molar-refractivity contribution is -0.117. The van der Waals surface area contributed by atoms with E-state index in [1.165, 1.54) is 38.1 Å². The van der Waals surface area contributed by atoms with Gasteiger partial charge < -0.3 is 24.3 Å². The van der Waals surface area contributed by atoms with Gasteiger partial charge in [0.2, 0.25) is 17.3 Å². The maximum Gasteiger partial charge on any atom is 0.351 e. The molecule has 0 aliphatic carbocycles. The van der Waals surface area contributed by atoms with Gasteiger partial charge in [-0.15, -0.1) is 5.10 Å². The zero-order chi connectivity index (χ0) is 25.1. The number of fused-ring (bicyclic) bond motifs is 1. The van der Waals surface area contributed by atoms with Gasteiger partial charge in [0.25, 0.3) is 5.88 Å². The van der Waals surface area contributed by atoms with Crippen LogP contribution in [0.5, 0.6) is 28.9 Å². The third kappa shape index (κ3) is 4.60. The van der Waals surface area contributed by atoms with E-state index >= 15 is 0 Å². The lowest BCUT2D eigenvalue weighted by Gasteiger charge is -2.14. The van der Waals surface area contributed by atoms with Crippen LogP contribution in [0.4, 0.5) is 5.69 Å². The summed E-state index contributed by atoms with van der Waals surface area (Å²) in [5, 5.41) is 7.01. The number of anilines is 1. The third-order valence-electron chi connectivity index (χ3n) is 5.47. The summed E-state index contributed by atoms with van der Waals surface area (Å²) in [6, 6.07) is 8.84. The molecule has 0 atom stereocenters. The van der Waals surface area contributed by atoms with Crippen molar-refractivity contribution in [2.75, 3.05) is 26.6 Å². The Labute approximate surface area is 200 Å². The van der Waals surface area contributed by atoms with Crippen LogP contribution in [0, 0.1) is 13.8 Å². The van der Waals surface area contributed by atoms with Gasteiger partial charge in [-0.1, -0.05) is 12.1 Å². The number of hydrogen-bond donors (Lipinski definition) is 1. The number of nitrogens with zero attached hydrogens (tertiary/aromatic N) is 4. The van der Waals surface area contributed by atoms with Crippen molar-refractivity contribution in [3.05, 3.63) is 64.3 Å². The van der Waals surface area contributed by atoms with E-state index in [2.05, 4.69) is 15.4 Å². The van der Waals surface area contributed by atoms with E-state index in [1.54, 1.807) is 12.1 Å². The minimum atomic E-state index is -0.506. The van der Waals surface area contributed by atoms with Crippen LogP contribution in [0.1, 0.15) is 11.1 Å². The van der Waals surface area contributed by atoms with Crippen LogP contribution in [0.25, 0.3) is 5.65 Å². The Morgan fingerprint density at radius 3 is 2.40 bits per heavy atom. The Morgan fingerprint density at radius 1 is 1.03 bits per heavy atom. The molecule has 2 aromatic carbocycles. The maximum absolute atomic E-state index is 12.9. The Kier molecular flexibility index (Phi) is 6.58. The Morgan fingerprint density at radius 2 is 1.74 bits per heavy atom. The van der Waals surface area contributed by atoms with Gasteiger partial charge in [-0.2, -0.15) is 0 Å². The molecule has 0 aliphatic rings. The smallest absolute Gasteiger partial charge is 0.351 e. The molecule has 0 aliphatic heterocycles. The zero-order valence-electron chi connectivity index (χ0n) is 20.0. The zero-order valence-corrected chi connectivity index (χ0v) is 20.0. The van der Waals surface area contributed by atoms with Crippen molar-refractivity contribution in [2.24, 2.45) is 0 Å². The van der Waals surface area contributed by atoms with Gasteiger partial charge in [-0.3, -0.25) is 4.79 Å². The van der Waals surface area contributed by atoms with Gasteiger partial charge >= 0.3 is 5.69 Å². The number of benzene rings is 2. The lowest BCUT2D eigenvalue weighted by atomic mass is 10.1. The summed E-state index contributed by atoms with van der Waals surface area (Å²) >= 11 is 0. The van der Waals surface area contributed by atoms with Gasteiger partial charge in [-0.05, 0) is 31.0 Å². The fraction of sp³-hybridized carbons (Fsp3) is 0.250. The molecule has 2 heterocycles. The van der Waals surface area contributed by atoms with Crippen molar-refractivity contribution < 1.29 is 23.7 Å². The number of carbonyl (C=O) groups excluding carboxylic acids is 1. The standard InChI is InChI=1S/C24H25N5O6/c1-14-7-6-8-17(15(14)2)35-23-22-27-29(24(31)28(22)10-9-25-23)13-20(30)26-16-11-18(32-3)21(34-5)19(12-16)33-4/h6-12H,13H2,1-5H3,(H,26,30). The van der Waals surface area contributed by atoms with Crippen molar-refractivity contribution in [3.8, 4) is 28.9 Å². The molecule has 0 radical (unpaired) electrons. The van der Waals surface area contributed by atoms with Crippen LogP contribution in [-0.4, -0.2) is 46.4 Å². The predicted molar refractivity (Wildman–Crippen MR) is 128 cm³/mol. The van der Waals surface area contributed by atoms with Crippen LogP contribution in [0.2, 0.25) is 0 Å².